The van der Waals surface area contributed by atoms with Gasteiger partial charge in [-0.25, -0.2) is 0 Å². The number of benzene rings is 1. The van der Waals surface area contributed by atoms with E-state index in [2.05, 4.69) is 0 Å². The van der Waals surface area contributed by atoms with Gasteiger partial charge < -0.3 is 10.0 Å². The average Bonchev–Trinajstić information content (AvgIpc) is 2.74. The molecule has 0 spiro atoms. The molecule has 1 aliphatic heterocycles. The molecule has 1 saturated heterocycles. The molecule has 1 amide bonds. The first-order chi connectivity index (χ1) is 7.75. The molecule has 1 heterocycles. The Morgan fingerprint density at radius 1 is 1.38 bits per heavy atom. The maximum Gasteiger partial charge on any atom is 0.222 e. The number of aryl methyl sites for hydroxylation is 1. The minimum Gasteiger partial charge on any atom is -0.391 e. The molecule has 1 atom stereocenters. The summed E-state index contributed by atoms with van der Waals surface area (Å²) in [5.41, 5.74) is 1.19. The fourth-order valence-electron chi connectivity index (χ4n) is 2.02. The molecule has 1 aromatic rings. The summed E-state index contributed by atoms with van der Waals surface area (Å²) in [4.78, 5) is 13.5. The number of nitrogens with zero attached hydrogens (tertiary/aromatic N) is 1. The van der Waals surface area contributed by atoms with E-state index in [9.17, 15) is 9.90 Å². The van der Waals surface area contributed by atoms with Crippen molar-refractivity contribution in [3.05, 3.63) is 35.9 Å². The molecule has 1 N–H and O–H groups in total. The number of hydrogen-bond donors (Lipinski definition) is 1. The lowest BCUT2D eigenvalue weighted by Crippen LogP contribution is -2.29. The van der Waals surface area contributed by atoms with Crippen LogP contribution < -0.4 is 0 Å². The number of hydrogen-bond acceptors (Lipinski definition) is 2. The zero-order valence-corrected chi connectivity index (χ0v) is 9.30. The summed E-state index contributed by atoms with van der Waals surface area (Å²) in [5.74, 6) is 0.153. The van der Waals surface area contributed by atoms with Gasteiger partial charge in [0.15, 0.2) is 0 Å². The Morgan fingerprint density at radius 3 is 2.75 bits per heavy atom. The summed E-state index contributed by atoms with van der Waals surface area (Å²) in [6.45, 7) is 1.21. The number of aliphatic hydroxyl groups is 1. The lowest BCUT2D eigenvalue weighted by molar-refractivity contribution is -0.130. The van der Waals surface area contributed by atoms with Crippen molar-refractivity contribution in [1.82, 2.24) is 4.90 Å². The van der Waals surface area contributed by atoms with Gasteiger partial charge in [-0.1, -0.05) is 30.3 Å². The fourth-order valence-corrected chi connectivity index (χ4v) is 2.02. The SMILES string of the molecule is O=C(CCc1ccccc1)N1CCC(O)C1. The van der Waals surface area contributed by atoms with E-state index in [0.29, 0.717) is 19.5 Å². The van der Waals surface area contributed by atoms with E-state index in [1.54, 1.807) is 4.90 Å². The summed E-state index contributed by atoms with van der Waals surface area (Å²) in [6, 6.07) is 10.0. The number of carbonyl (C=O) groups is 1. The molecule has 1 unspecified atom stereocenters. The van der Waals surface area contributed by atoms with Gasteiger partial charge in [-0.3, -0.25) is 4.79 Å². The molecule has 2 rings (SSSR count). The molecule has 0 saturated carbocycles. The maximum atomic E-state index is 11.8. The summed E-state index contributed by atoms with van der Waals surface area (Å²) in [7, 11) is 0. The average molecular weight is 219 g/mol. The standard InChI is InChI=1S/C13H17NO2/c15-12-8-9-14(10-12)13(16)7-6-11-4-2-1-3-5-11/h1-5,12,15H,6-10H2. The molecule has 1 aliphatic rings. The van der Waals surface area contributed by atoms with Crippen LogP contribution in [-0.4, -0.2) is 35.1 Å². The third-order valence-electron chi connectivity index (χ3n) is 2.99. The van der Waals surface area contributed by atoms with Crippen molar-refractivity contribution in [3.63, 3.8) is 0 Å². The smallest absolute Gasteiger partial charge is 0.222 e. The van der Waals surface area contributed by atoms with Gasteiger partial charge >= 0.3 is 0 Å². The molecular formula is C13H17NO2. The highest BCUT2D eigenvalue weighted by molar-refractivity contribution is 5.76. The molecular weight excluding hydrogens is 202 g/mol. The van der Waals surface area contributed by atoms with Crippen molar-refractivity contribution in [3.8, 4) is 0 Å². The second kappa shape index (κ2) is 5.12. The number of aliphatic hydroxyl groups excluding tert-OH is 1. The quantitative estimate of drug-likeness (QED) is 0.830. The second-order valence-electron chi connectivity index (χ2n) is 4.27. The molecule has 3 heteroatoms. The summed E-state index contributed by atoms with van der Waals surface area (Å²) < 4.78 is 0. The third-order valence-corrected chi connectivity index (χ3v) is 2.99. The number of carbonyl (C=O) groups excluding carboxylic acids is 1. The maximum absolute atomic E-state index is 11.8. The van der Waals surface area contributed by atoms with Crippen LogP contribution in [0.1, 0.15) is 18.4 Å². The second-order valence-corrected chi connectivity index (χ2v) is 4.27. The number of rotatable bonds is 3. The number of β-amino-alcohol motifs (C(OH)–C–C–N with tert-alkyl or cyclic N) is 1. The van der Waals surface area contributed by atoms with Gasteiger partial charge in [0.05, 0.1) is 6.10 Å². The predicted octanol–water partition coefficient (Wildman–Crippen LogP) is 1.21. The minimum atomic E-state index is -0.319. The van der Waals surface area contributed by atoms with Crippen LogP contribution in [0.25, 0.3) is 0 Å². The van der Waals surface area contributed by atoms with Crippen LogP contribution in [-0.2, 0) is 11.2 Å². The Balaban J connectivity index is 1.80. The highest BCUT2D eigenvalue weighted by Crippen LogP contribution is 2.11. The first kappa shape index (κ1) is 11.1. The summed E-state index contributed by atoms with van der Waals surface area (Å²) >= 11 is 0. The molecule has 0 bridgehead atoms. The molecule has 1 fully saturated rings. The van der Waals surface area contributed by atoms with E-state index >= 15 is 0 Å². The fraction of sp³-hybridized carbons (Fsp3) is 0.462. The molecule has 3 nitrogen and oxygen atoms in total. The van der Waals surface area contributed by atoms with Crippen molar-refractivity contribution < 1.29 is 9.90 Å². The molecule has 86 valence electrons. The van der Waals surface area contributed by atoms with Gasteiger partial charge in [-0.15, -0.1) is 0 Å². The van der Waals surface area contributed by atoms with Gasteiger partial charge in [0, 0.05) is 19.5 Å². The zero-order chi connectivity index (χ0) is 11.4. The van der Waals surface area contributed by atoms with E-state index in [4.69, 9.17) is 0 Å². The first-order valence-corrected chi connectivity index (χ1v) is 5.75. The van der Waals surface area contributed by atoms with Crippen LogP contribution in [0.15, 0.2) is 30.3 Å². The van der Waals surface area contributed by atoms with Crippen molar-refractivity contribution in [1.29, 1.82) is 0 Å². The molecule has 1 aromatic carbocycles. The van der Waals surface area contributed by atoms with Crippen LogP contribution in [0.2, 0.25) is 0 Å². The topological polar surface area (TPSA) is 40.5 Å². The predicted molar refractivity (Wildman–Crippen MR) is 62.0 cm³/mol. The van der Waals surface area contributed by atoms with E-state index in [1.165, 1.54) is 5.56 Å². The minimum absolute atomic E-state index is 0.153. The van der Waals surface area contributed by atoms with Crippen molar-refractivity contribution in [2.45, 2.75) is 25.4 Å². The van der Waals surface area contributed by atoms with Crippen LogP contribution in [0.3, 0.4) is 0 Å². The molecule has 0 aliphatic carbocycles. The lowest BCUT2D eigenvalue weighted by Gasteiger charge is -2.15. The van der Waals surface area contributed by atoms with Gasteiger partial charge in [0.2, 0.25) is 5.91 Å². The van der Waals surface area contributed by atoms with E-state index in [-0.39, 0.29) is 12.0 Å². The first-order valence-electron chi connectivity index (χ1n) is 5.75. The summed E-state index contributed by atoms with van der Waals surface area (Å²) in [5, 5.41) is 9.34. The highest BCUT2D eigenvalue weighted by Gasteiger charge is 2.23. The van der Waals surface area contributed by atoms with Crippen LogP contribution in [0.5, 0.6) is 0 Å². The van der Waals surface area contributed by atoms with Crippen LogP contribution in [0, 0.1) is 0 Å². The van der Waals surface area contributed by atoms with Crippen molar-refractivity contribution >= 4 is 5.91 Å². The normalized spacial score (nSPS) is 20.1. The molecule has 16 heavy (non-hydrogen) atoms. The largest absolute Gasteiger partial charge is 0.391 e. The third kappa shape index (κ3) is 2.83. The Morgan fingerprint density at radius 2 is 2.12 bits per heavy atom. The summed E-state index contributed by atoms with van der Waals surface area (Å²) in [6.07, 6.45) is 1.72. The lowest BCUT2D eigenvalue weighted by atomic mass is 10.1. The van der Waals surface area contributed by atoms with Crippen LogP contribution in [0.4, 0.5) is 0 Å². The van der Waals surface area contributed by atoms with Gasteiger partial charge in [0.1, 0.15) is 0 Å². The van der Waals surface area contributed by atoms with E-state index in [1.807, 2.05) is 30.3 Å². The monoisotopic (exact) mass is 219 g/mol. The van der Waals surface area contributed by atoms with E-state index < -0.39 is 0 Å². The van der Waals surface area contributed by atoms with Crippen molar-refractivity contribution in [2.24, 2.45) is 0 Å². The van der Waals surface area contributed by atoms with Gasteiger partial charge in [-0.2, -0.15) is 0 Å². The Hall–Kier alpha value is -1.35. The van der Waals surface area contributed by atoms with Gasteiger partial charge in [-0.05, 0) is 18.4 Å². The molecule has 0 radical (unpaired) electrons. The highest BCUT2D eigenvalue weighted by atomic mass is 16.3. The number of amides is 1. The molecule has 0 aromatic heterocycles. The van der Waals surface area contributed by atoms with Gasteiger partial charge in [0.25, 0.3) is 0 Å². The number of likely N-dealkylation sites (tertiary alicyclic amines) is 1. The Bertz CT molecular complexity index is 350. The Kier molecular flexibility index (Phi) is 3.57. The zero-order valence-electron chi connectivity index (χ0n) is 9.30. The van der Waals surface area contributed by atoms with Crippen LogP contribution >= 0.6 is 0 Å². The van der Waals surface area contributed by atoms with E-state index in [0.717, 1.165) is 12.8 Å². The van der Waals surface area contributed by atoms with Crippen molar-refractivity contribution in [2.75, 3.05) is 13.1 Å². The Labute approximate surface area is 95.7 Å².